The molecular formula is C14H8BrF5O. The second kappa shape index (κ2) is 6.01. The summed E-state index contributed by atoms with van der Waals surface area (Å²) in [5.41, 5.74) is 0.691. The van der Waals surface area contributed by atoms with Crippen molar-refractivity contribution in [1.29, 1.82) is 0 Å². The molecule has 0 saturated heterocycles. The van der Waals surface area contributed by atoms with Crippen LogP contribution in [0.1, 0.15) is 16.0 Å². The van der Waals surface area contributed by atoms with E-state index in [4.69, 9.17) is 0 Å². The number of hydrogen-bond donors (Lipinski definition) is 0. The molecule has 1 unspecified atom stereocenters. The standard InChI is InChI=1S/C14H8BrF5O/c15-13(11-6-3-9(16)7-12(11)17)8-1-4-10(5-2-8)21-14(18,19)20/h1-7,13H. The number of alkyl halides is 4. The van der Waals surface area contributed by atoms with E-state index < -0.39 is 22.8 Å². The number of rotatable bonds is 3. The topological polar surface area (TPSA) is 9.23 Å². The lowest BCUT2D eigenvalue weighted by atomic mass is 10.0. The first-order valence-electron chi connectivity index (χ1n) is 5.71. The average Bonchev–Trinajstić information content (AvgIpc) is 2.37. The summed E-state index contributed by atoms with van der Waals surface area (Å²) < 4.78 is 66.4. The zero-order valence-electron chi connectivity index (χ0n) is 10.3. The summed E-state index contributed by atoms with van der Waals surface area (Å²) in [5.74, 6) is -1.82. The van der Waals surface area contributed by atoms with Crippen molar-refractivity contribution in [3.05, 3.63) is 65.2 Å². The third-order valence-corrected chi connectivity index (χ3v) is 3.66. The van der Waals surface area contributed by atoms with Crippen molar-refractivity contribution in [2.75, 3.05) is 0 Å². The number of benzene rings is 2. The molecule has 0 amide bonds. The molecule has 0 radical (unpaired) electrons. The summed E-state index contributed by atoms with van der Waals surface area (Å²) >= 11 is 3.23. The summed E-state index contributed by atoms with van der Waals surface area (Å²) in [6.45, 7) is 0. The highest BCUT2D eigenvalue weighted by Gasteiger charge is 2.31. The smallest absolute Gasteiger partial charge is 0.406 e. The van der Waals surface area contributed by atoms with E-state index in [0.29, 0.717) is 5.56 Å². The van der Waals surface area contributed by atoms with Crippen LogP contribution < -0.4 is 4.74 Å². The third kappa shape index (κ3) is 4.17. The summed E-state index contributed by atoms with van der Waals surface area (Å²) in [5, 5.41) is 0. The first kappa shape index (κ1) is 15.8. The fraction of sp³-hybridized carbons (Fsp3) is 0.143. The molecule has 0 aliphatic heterocycles. The van der Waals surface area contributed by atoms with Gasteiger partial charge in [-0.25, -0.2) is 8.78 Å². The van der Waals surface area contributed by atoms with Gasteiger partial charge >= 0.3 is 6.36 Å². The van der Waals surface area contributed by atoms with Gasteiger partial charge in [0, 0.05) is 11.6 Å². The molecule has 0 bridgehead atoms. The van der Waals surface area contributed by atoms with Gasteiger partial charge in [-0.2, -0.15) is 0 Å². The molecule has 0 aliphatic rings. The van der Waals surface area contributed by atoms with E-state index in [2.05, 4.69) is 20.7 Å². The van der Waals surface area contributed by atoms with Gasteiger partial charge in [0.1, 0.15) is 17.4 Å². The molecule has 21 heavy (non-hydrogen) atoms. The molecule has 2 rings (SSSR count). The van der Waals surface area contributed by atoms with Crippen LogP contribution in [0.25, 0.3) is 0 Å². The molecule has 112 valence electrons. The van der Waals surface area contributed by atoms with Gasteiger partial charge in [-0.1, -0.05) is 34.1 Å². The quantitative estimate of drug-likeness (QED) is 0.525. The molecule has 0 aliphatic carbocycles. The third-order valence-electron chi connectivity index (χ3n) is 2.64. The molecule has 0 N–H and O–H groups in total. The zero-order valence-corrected chi connectivity index (χ0v) is 11.9. The Bertz CT molecular complexity index is 624. The van der Waals surface area contributed by atoms with Gasteiger partial charge in [0.25, 0.3) is 0 Å². The lowest BCUT2D eigenvalue weighted by molar-refractivity contribution is -0.274. The maximum Gasteiger partial charge on any atom is 0.573 e. The fourth-order valence-corrected chi connectivity index (χ4v) is 2.40. The summed E-state index contributed by atoms with van der Waals surface area (Å²) in [6, 6.07) is 8.09. The van der Waals surface area contributed by atoms with Gasteiger partial charge in [0.05, 0.1) is 4.83 Å². The van der Waals surface area contributed by atoms with E-state index in [-0.39, 0.29) is 11.3 Å². The van der Waals surface area contributed by atoms with E-state index in [9.17, 15) is 22.0 Å². The monoisotopic (exact) mass is 366 g/mol. The Morgan fingerprint density at radius 3 is 2.10 bits per heavy atom. The van der Waals surface area contributed by atoms with Crippen LogP contribution in [0.15, 0.2) is 42.5 Å². The number of hydrogen-bond acceptors (Lipinski definition) is 1. The molecule has 1 nitrogen and oxygen atoms in total. The predicted octanol–water partition coefficient (Wildman–Crippen LogP) is 5.35. The number of ether oxygens (including phenoxy) is 1. The van der Waals surface area contributed by atoms with Crippen LogP contribution >= 0.6 is 15.9 Å². The number of halogens is 6. The molecule has 0 aromatic heterocycles. The molecule has 0 heterocycles. The average molecular weight is 367 g/mol. The van der Waals surface area contributed by atoms with E-state index >= 15 is 0 Å². The van der Waals surface area contributed by atoms with Gasteiger partial charge in [-0.05, 0) is 23.8 Å². The van der Waals surface area contributed by atoms with Gasteiger partial charge in [-0.3, -0.25) is 0 Å². The van der Waals surface area contributed by atoms with Gasteiger partial charge in [0.15, 0.2) is 0 Å². The highest BCUT2D eigenvalue weighted by atomic mass is 79.9. The maximum absolute atomic E-state index is 13.6. The van der Waals surface area contributed by atoms with Crippen molar-refractivity contribution in [2.24, 2.45) is 0 Å². The zero-order chi connectivity index (χ0) is 15.6. The summed E-state index contributed by atoms with van der Waals surface area (Å²) in [6.07, 6.45) is -4.77. The minimum absolute atomic E-state index is 0.181. The molecule has 2 aromatic carbocycles. The lowest BCUT2D eigenvalue weighted by Crippen LogP contribution is -2.17. The van der Waals surface area contributed by atoms with Crippen molar-refractivity contribution >= 4 is 15.9 Å². The molecule has 0 saturated carbocycles. The van der Waals surface area contributed by atoms with E-state index in [1.165, 1.54) is 18.2 Å². The molecule has 7 heteroatoms. The molecule has 0 fully saturated rings. The van der Waals surface area contributed by atoms with E-state index in [0.717, 1.165) is 24.3 Å². The van der Waals surface area contributed by atoms with Crippen LogP contribution in [0.4, 0.5) is 22.0 Å². The minimum Gasteiger partial charge on any atom is -0.406 e. The van der Waals surface area contributed by atoms with Crippen LogP contribution in [0.3, 0.4) is 0 Å². The second-order valence-electron chi connectivity index (χ2n) is 4.15. The SMILES string of the molecule is Fc1ccc(C(Br)c2ccc(OC(F)(F)F)cc2)c(F)c1. The Hall–Kier alpha value is -1.63. The Morgan fingerprint density at radius 1 is 0.952 bits per heavy atom. The normalized spacial score (nSPS) is 13.0. The van der Waals surface area contributed by atoms with Crippen LogP contribution in [-0.4, -0.2) is 6.36 Å². The second-order valence-corrected chi connectivity index (χ2v) is 5.06. The van der Waals surface area contributed by atoms with Crippen molar-refractivity contribution in [3.63, 3.8) is 0 Å². The highest BCUT2D eigenvalue weighted by Crippen LogP contribution is 2.34. The molecule has 2 aromatic rings. The Balaban J connectivity index is 2.22. The van der Waals surface area contributed by atoms with E-state index in [1.54, 1.807) is 0 Å². The van der Waals surface area contributed by atoms with Crippen molar-refractivity contribution in [2.45, 2.75) is 11.2 Å². The van der Waals surface area contributed by atoms with Crippen molar-refractivity contribution in [1.82, 2.24) is 0 Å². The van der Waals surface area contributed by atoms with Crippen LogP contribution in [-0.2, 0) is 0 Å². The lowest BCUT2D eigenvalue weighted by Gasteiger charge is -2.13. The summed E-state index contributed by atoms with van der Waals surface area (Å²) in [4.78, 5) is -0.613. The largest absolute Gasteiger partial charge is 0.573 e. The van der Waals surface area contributed by atoms with Gasteiger partial charge in [0.2, 0.25) is 0 Å². The van der Waals surface area contributed by atoms with Gasteiger partial charge < -0.3 is 4.74 Å². The Morgan fingerprint density at radius 2 is 1.57 bits per heavy atom. The van der Waals surface area contributed by atoms with Crippen molar-refractivity contribution in [3.8, 4) is 5.75 Å². The fourth-order valence-electron chi connectivity index (χ4n) is 1.73. The van der Waals surface area contributed by atoms with Crippen LogP contribution in [0.5, 0.6) is 5.75 Å². The maximum atomic E-state index is 13.6. The van der Waals surface area contributed by atoms with Crippen LogP contribution in [0, 0.1) is 11.6 Å². The van der Waals surface area contributed by atoms with Crippen LogP contribution in [0.2, 0.25) is 0 Å². The molecular weight excluding hydrogens is 359 g/mol. The summed E-state index contributed by atoms with van der Waals surface area (Å²) in [7, 11) is 0. The van der Waals surface area contributed by atoms with E-state index in [1.807, 2.05) is 0 Å². The Kier molecular flexibility index (Phi) is 4.51. The molecule has 1 atom stereocenters. The van der Waals surface area contributed by atoms with Gasteiger partial charge in [-0.15, -0.1) is 13.2 Å². The first-order chi connectivity index (χ1) is 9.76. The highest BCUT2D eigenvalue weighted by molar-refractivity contribution is 9.09. The van der Waals surface area contributed by atoms with Crippen molar-refractivity contribution < 1.29 is 26.7 Å². The Labute approximate surface area is 125 Å². The minimum atomic E-state index is -4.77. The first-order valence-corrected chi connectivity index (χ1v) is 6.62. The predicted molar refractivity (Wildman–Crippen MR) is 70.3 cm³/mol. The molecule has 0 spiro atoms.